The molecule has 0 saturated heterocycles. The third kappa shape index (κ3) is 3.74. The Kier molecular flexibility index (Phi) is 4.85. The number of nitrogens with two attached hydrogens (primary N) is 1. The molecule has 1 aliphatic heterocycles. The fraction of sp³-hybridized carbons (Fsp3) is 0.200. The van der Waals surface area contributed by atoms with E-state index in [-0.39, 0.29) is 16.7 Å². The number of nitrogens with zero attached hydrogens (tertiary/aromatic N) is 4. The van der Waals surface area contributed by atoms with Gasteiger partial charge in [0, 0.05) is 24.7 Å². The van der Waals surface area contributed by atoms with Crippen LogP contribution in [0, 0.1) is 0 Å². The van der Waals surface area contributed by atoms with Gasteiger partial charge in [-0.25, -0.2) is 13.6 Å². The van der Waals surface area contributed by atoms with Gasteiger partial charge in [-0.05, 0) is 49.4 Å². The van der Waals surface area contributed by atoms with E-state index < -0.39 is 10.0 Å². The number of rotatable bonds is 5. The Hall–Kier alpha value is -3.17. The number of primary sulfonamides is 1. The van der Waals surface area contributed by atoms with E-state index in [4.69, 9.17) is 10.2 Å². The van der Waals surface area contributed by atoms with Crippen molar-refractivity contribution >= 4 is 21.4 Å². The maximum absolute atomic E-state index is 11.6. The zero-order chi connectivity index (χ0) is 20.6. The largest absolute Gasteiger partial charge is 0.508 e. The fourth-order valence-corrected chi connectivity index (χ4v) is 4.03. The number of anilines is 1. The minimum atomic E-state index is -3.77. The van der Waals surface area contributed by atoms with Gasteiger partial charge in [0.05, 0.1) is 28.0 Å². The zero-order valence-electron chi connectivity index (χ0n) is 15.8. The first-order valence-corrected chi connectivity index (χ1v) is 10.7. The van der Waals surface area contributed by atoms with Gasteiger partial charge in [0.15, 0.2) is 0 Å². The fourth-order valence-electron chi connectivity index (χ4n) is 3.52. The lowest BCUT2D eigenvalue weighted by Crippen LogP contribution is -2.22. The number of phenolic OH excluding ortho intramolecular Hbond substituents is 1. The summed E-state index contributed by atoms with van der Waals surface area (Å²) in [7, 11) is -3.77. The lowest BCUT2D eigenvalue weighted by Gasteiger charge is -2.24. The molecule has 8 nitrogen and oxygen atoms in total. The highest BCUT2D eigenvalue weighted by atomic mass is 32.2. The summed E-state index contributed by atoms with van der Waals surface area (Å²) in [4.78, 5) is 0.0489. The van der Waals surface area contributed by atoms with Gasteiger partial charge in [-0.2, -0.15) is 10.2 Å². The molecule has 1 aliphatic rings. The molecule has 2 aromatic carbocycles. The molecule has 3 aromatic rings. The molecular formula is C20H21N5O3S. The number of hydrogen-bond acceptors (Lipinski definition) is 6. The average Bonchev–Trinajstić information content (AvgIpc) is 3.34. The molecule has 2 heterocycles. The van der Waals surface area contributed by atoms with Gasteiger partial charge in [0.25, 0.3) is 0 Å². The highest BCUT2D eigenvalue weighted by Gasteiger charge is 2.32. The minimum Gasteiger partial charge on any atom is -0.508 e. The standard InChI is InChI=1S/C20H21N5O3S/c1-2-24-19(10-11-22-24)20-13-18(14-4-3-5-16(26)12-14)23-25(20)15-6-8-17(9-7-15)29(21,27)28/h3-12,20,26H,2,13H2,1H3,(H2,21,27,28). The normalized spacial score (nSPS) is 16.8. The van der Waals surface area contributed by atoms with Gasteiger partial charge in [0.2, 0.25) is 10.0 Å². The molecular weight excluding hydrogens is 390 g/mol. The van der Waals surface area contributed by atoms with E-state index in [0.717, 1.165) is 29.2 Å². The van der Waals surface area contributed by atoms with E-state index in [1.54, 1.807) is 36.5 Å². The van der Waals surface area contributed by atoms with Crippen LogP contribution in [0.3, 0.4) is 0 Å². The van der Waals surface area contributed by atoms with Crippen LogP contribution in [0.15, 0.2) is 70.8 Å². The van der Waals surface area contributed by atoms with Gasteiger partial charge >= 0.3 is 0 Å². The quantitative estimate of drug-likeness (QED) is 0.670. The first-order chi connectivity index (χ1) is 13.9. The first-order valence-electron chi connectivity index (χ1n) is 9.17. The lowest BCUT2D eigenvalue weighted by molar-refractivity contribution is 0.475. The van der Waals surface area contributed by atoms with Gasteiger partial charge < -0.3 is 5.11 Å². The molecule has 3 N–H and O–H groups in total. The molecule has 0 fully saturated rings. The number of aromatic nitrogens is 2. The lowest BCUT2D eigenvalue weighted by atomic mass is 10.0. The Balaban J connectivity index is 1.77. The van der Waals surface area contributed by atoms with Crippen LogP contribution in [0.4, 0.5) is 5.69 Å². The third-order valence-electron chi connectivity index (χ3n) is 4.91. The molecule has 1 aromatic heterocycles. The van der Waals surface area contributed by atoms with E-state index in [1.807, 2.05) is 28.7 Å². The second-order valence-corrected chi connectivity index (χ2v) is 8.33. The molecule has 0 amide bonds. The summed E-state index contributed by atoms with van der Waals surface area (Å²) in [5.41, 5.74) is 3.40. The molecule has 0 aliphatic carbocycles. The van der Waals surface area contributed by atoms with Crippen molar-refractivity contribution in [3.8, 4) is 5.75 Å². The van der Waals surface area contributed by atoms with Crippen molar-refractivity contribution in [3.63, 3.8) is 0 Å². The van der Waals surface area contributed by atoms with Crippen LogP contribution in [0.5, 0.6) is 5.75 Å². The summed E-state index contributed by atoms with van der Waals surface area (Å²) < 4.78 is 25.1. The number of phenols is 1. The number of aryl methyl sites for hydroxylation is 1. The van der Waals surface area contributed by atoms with E-state index in [0.29, 0.717) is 6.42 Å². The smallest absolute Gasteiger partial charge is 0.238 e. The van der Waals surface area contributed by atoms with Crippen LogP contribution in [0.25, 0.3) is 0 Å². The predicted molar refractivity (Wildman–Crippen MR) is 110 cm³/mol. The molecule has 4 rings (SSSR count). The number of aromatic hydroxyl groups is 1. The first kappa shape index (κ1) is 19.2. The van der Waals surface area contributed by atoms with E-state index >= 15 is 0 Å². The van der Waals surface area contributed by atoms with Crippen molar-refractivity contribution in [2.24, 2.45) is 10.2 Å². The van der Waals surface area contributed by atoms with Gasteiger partial charge in [-0.3, -0.25) is 9.69 Å². The average molecular weight is 411 g/mol. The highest BCUT2D eigenvalue weighted by Crippen LogP contribution is 2.37. The summed E-state index contributed by atoms with van der Waals surface area (Å²) in [6.45, 7) is 2.74. The van der Waals surface area contributed by atoms with Crippen LogP contribution in [-0.2, 0) is 16.6 Å². The predicted octanol–water partition coefficient (Wildman–Crippen LogP) is 2.61. The molecule has 0 spiro atoms. The number of hydrogen-bond donors (Lipinski definition) is 2. The van der Waals surface area contributed by atoms with Crippen LogP contribution in [0.1, 0.15) is 30.6 Å². The van der Waals surface area contributed by atoms with Gasteiger partial charge in [-0.15, -0.1) is 0 Å². The Bertz CT molecular complexity index is 1170. The maximum atomic E-state index is 11.6. The Morgan fingerprint density at radius 3 is 2.59 bits per heavy atom. The molecule has 9 heteroatoms. The monoisotopic (exact) mass is 411 g/mol. The third-order valence-corrected chi connectivity index (χ3v) is 5.84. The number of hydrazone groups is 1. The van der Waals surface area contributed by atoms with Crippen LogP contribution in [0.2, 0.25) is 0 Å². The summed E-state index contributed by atoms with van der Waals surface area (Å²) in [5.74, 6) is 0.177. The minimum absolute atomic E-state index is 0.0489. The Morgan fingerprint density at radius 1 is 1.17 bits per heavy atom. The van der Waals surface area contributed by atoms with Crippen molar-refractivity contribution in [2.75, 3.05) is 5.01 Å². The van der Waals surface area contributed by atoms with Crippen LogP contribution >= 0.6 is 0 Å². The molecule has 150 valence electrons. The number of benzene rings is 2. The van der Waals surface area contributed by atoms with Crippen molar-refractivity contribution in [1.29, 1.82) is 0 Å². The van der Waals surface area contributed by atoms with Crippen molar-refractivity contribution in [2.45, 2.75) is 30.8 Å². The molecule has 0 bridgehead atoms. The SMILES string of the molecule is CCn1nccc1C1CC(c2cccc(O)c2)=NN1c1ccc(S(N)(=O)=O)cc1. The van der Waals surface area contributed by atoms with Crippen LogP contribution < -0.4 is 10.1 Å². The van der Waals surface area contributed by atoms with Crippen molar-refractivity contribution in [1.82, 2.24) is 9.78 Å². The van der Waals surface area contributed by atoms with E-state index in [1.165, 1.54) is 12.1 Å². The Morgan fingerprint density at radius 2 is 1.93 bits per heavy atom. The topological polar surface area (TPSA) is 114 Å². The summed E-state index contributed by atoms with van der Waals surface area (Å²) in [6, 6.07) is 15.1. The highest BCUT2D eigenvalue weighted by molar-refractivity contribution is 7.89. The second-order valence-electron chi connectivity index (χ2n) is 6.77. The molecule has 1 unspecified atom stereocenters. The van der Waals surface area contributed by atoms with Crippen molar-refractivity contribution in [3.05, 3.63) is 72.1 Å². The molecule has 0 saturated carbocycles. The summed E-state index contributed by atoms with van der Waals surface area (Å²) in [5, 5.41) is 26.1. The van der Waals surface area contributed by atoms with Crippen LogP contribution in [-0.4, -0.2) is 29.0 Å². The summed E-state index contributed by atoms with van der Waals surface area (Å²) >= 11 is 0. The molecule has 1 atom stereocenters. The second kappa shape index (κ2) is 7.34. The van der Waals surface area contributed by atoms with E-state index in [9.17, 15) is 13.5 Å². The van der Waals surface area contributed by atoms with Crippen molar-refractivity contribution < 1.29 is 13.5 Å². The summed E-state index contributed by atoms with van der Waals surface area (Å²) in [6.07, 6.45) is 2.37. The maximum Gasteiger partial charge on any atom is 0.238 e. The number of sulfonamides is 1. The Labute approximate surface area is 168 Å². The molecule has 29 heavy (non-hydrogen) atoms. The van der Waals surface area contributed by atoms with Gasteiger partial charge in [0.1, 0.15) is 5.75 Å². The van der Waals surface area contributed by atoms with Gasteiger partial charge in [-0.1, -0.05) is 12.1 Å². The molecule has 0 radical (unpaired) electrons. The zero-order valence-corrected chi connectivity index (χ0v) is 16.6. The van der Waals surface area contributed by atoms with E-state index in [2.05, 4.69) is 5.10 Å².